The maximum Gasteiger partial charge on any atom is 0.262 e. The Hall–Kier alpha value is -2.12. The maximum atomic E-state index is 9.31. The predicted molar refractivity (Wildman–Crippen MR) is 138 cm³/mol. The van der Waals surface area contributed by atoms with E-state index in [2.05, 4.69) is 30.8 Å². The van der Waals surface area contributed by atoms with Crippen molar-refractivity contribution in [2.45, 2.75) is 12.5 Å². The normalized spacial score (nSPS) is 20.4. The van der Waals surface area contributed by atoms with Crippen LogP contribution in [0.3, 0.4) is 0 Å². The van der Waals surface area contributed by atoms with Crippen molar-refractivity contribution in [3.63, 3.8) is 0 Å². The molecule has 2 atom stereocenters. The van der Waals surface area contributed by atoms with Gasteiger partial charge in [0.25, 0.3) is 6.41 Å². The highest BCUT2D eigenvalue weighted by Crippen LogP contribution is 2.30. The van der Waals surface area contributed by atoms with Crippen LogP contribution in [0.15, 0.2) is 6.20 Å². The molecule has 2 aromatic rings. The Morgan fingerprint density at radius 1 is 1.00 bits per heavy atom. The van der Waals surface area contributed by atoms with Crippen molar-refractivity contribution in [3.05, 3.63) is 11.5 Å². The van der Waals surface area contributed by atoms with Gasteiger partial charge in [0.15, 0.2) is 5.65 Å². The van der Waals surface area contributed by atoms with Gasteiger partial charge in [0.05, 0.1) is 71.0 Å². The summed E-state index contributed by atoms with van der Waals surface area (Å²) in [7, 11) is 0. The van der Waals surface area contributed by atoms with E-state index in [9.17, 15) is 5.11 Å². The van der Waals surface area contributed by atoms with Gasteiger partial charge in [-0.15, -0.1) is 6.42 Å². The van der Waals surface area contributed by atoms with E-state index in [1.165, 1.54) is 4.68 Å². The Kier molecular flexibility index (Phi) is 11.8. The number of halogens is 1. The summed E-state index contributed by atoms with van der Waals surface area (Å²) in [5.74, 6) is 3.14. The third-order valence-electron chi connectivity index (χ3n) is 6.07. The highest BCUT2D eigenvalue weighted by molar-refractivity contribution is 6.28. The lowest BCUT2D eigenvalue weighted by molar-refractivity contribution is -0.124. The number of piperazine rings is 1. The van der Waals surface area contributed by atoms with Gasteiger partial charge in [0.1, 0.15) is 18.5 Å². The van der Waals surface area contributed by atoms with E-state index in [1.807, 2.05) is 0 Å². The molecule has 2 unspecified atom stereocenters. The van der Waals surface area contributed by atoms with Crippen LogP contribution in [-0.2, 0) is 28.4 Å². The van der Waals surface area contributed by atoms with E-state index in [4.69, 9.17) is 46.4 Å². The fourth-order valence-electron chi connectivity index (χ4n) is 4.10. The summed E-state index contributed by atoms with van der Waals surface area (Å²) in [6.45, 7) is 8.34. The van der Waals surface area contributed by atoms with Crippen LogP contribution < -0.4 is 4.90 Å². The van der Waals surface area contributed by atoms with Crippen LogP contribution in [0.2, 0.25) is 5.28 Å². The summed E-state index contributed by atoms with van der Waals surface area (Å²) in [5, 5.41) is 14.6. The minimum absolute atomic E-state index is 0.124. The highest BCUT2D eigenvalue weighted by atomic mass is 35.5. The third kappa shape index (κ3) is 8.19. The highest BCUT2D eigenvalue weighted by Gasteiger charge is 2.30. The molecule has 0 aliphatic carbocycles. The number of anilines is 1. The lowest BCUT2D eigenvalue weighted by Gasteiger charge is -2.35. The van der Waals surface area contributed by atoms with Crippen LogP contribution in [0.25, 0.3) is 11.0 Å². The molecule has 1 N–H and O–H groups in total. The average molecular weight is 555 g/mol. The molecule has 0 aromatic carbocycles. The first-order chi connectivity index (χ1) is 18.7. The number of ether oxygens (including phenoxy) is 6. The van der Waals surface area contributed by atoms with Crippen LogP contribution in [0.4, 0.5) is 5.82 Å². The van der Waals surface area contributed by atoms with E-state index in [0.717, 1.165) is 43.9 Å². The summed E-state index contributed by atoms with van der Waals surface area (Å²) in [4.78, 5) is 13.4. The molecule has 2 fully saturated rings. The second-order valence-corrected chi connectivity index (χ2v) is 8.98. The molecule has 0 saturated carbocycles. The van der Waals surface area contributed by atoms with Crippen molar-refractivity contribution >= 4 is 28.5 Å². The smallest absolute Gasteiger partial charge is 0.262 e. The van der Waals surface area contributed by atoms with E-state index in [0.29, 0.717) is 58.5 Å². The van der Waals surface area contributed by atoms with E-state index in [-0.39, 0.29) is 18.5 Å². The molecule has 2 aliphatic rings. The van der Waals surface area contributed by atoms with Crippen LogP contribution in [0.1, 0.15) is 6.41 Å². The van der Waals surface area contributed by atoms with Crippen molar-refractivity contribution < 1.29 is 33.5 Å². The van der Waals surface area contributed by atoms with Crippen LogP contribution in [0.5, 0.6) is 0 Å². The molecule has 14 heteroatoms. The minimum Gasteiger partial charge on any atom is -0.394 e. The SMILES string of the molecule is C#CCOCCOCCOCCOCCN1CCN(c2nc(Cl)nc3c2cnn3C2OCC(CO)O2)CC1. The number of aliphatic hydroxyl groups is 1. The quantitative estimate of drug-likeness (QED) is 0.173. The molecule has 0 amide bonds. The first-order valence-electron chi connectivity index (χ1n) is 12.7. The third-order valence-corrected chi connectivity index (χ3v) is 6.24. The van der Waals surface area contributed by atoms with Crippen molar-refractivity contribution in [1.82, 2.24) is 24.6 Å². The molecule has 2 aromatic heterocycles. The standard InChI is InChI=1S/C24H35ClN6O7/c1-2-8-33-10-12-35-14-15-36-13-11-34-9-7-29-3-5-30(6-4-29)21-20-16-26-31(22(20)28-23(25)27-21)24-37-18-19(17-32)38-24/h1,16,19,24,32H,3-15,17-18H2. The summed E-state index contributed by atoms with van der Waals surface area (Å²) in [5.41, 5.74) is 0.530. The maximum absolute atomic E-state index is 9.31. The van der Waals surface area contributed by atoms with Gasteiger partial charge in [-0.3, -0.25) is 4.90 Å². The summed E-state index contributed by atoms with van der Waals surface area (Å²) >= 11 is 6.27. The number of aromatic nitrogens is 4. The fraction of sp³-hybridized carbons (Fsp3) is 0.708. The van der Waals surface area contributed by atoms with E-state index in [1.54, 1.807) is 6.20 Å². The molecule has 2 aliphatic heterocycles. The van der Waals surface area contributed by atoms with Gasteiger partial charge in [0, 0.05) is 32.7 Å². The Balaban J connectivity index is 1.13. The zero-order valence-electron chi connectivity index (χ0n) is 21.4. The molecule has 2 saturated heterocycles. The molecular weight excluding hydrogens is 520 g/mol. The van der Waals surface area contributed by atoms with Gasteiger partial charge in [-0.1, -0.05) is 5.92 Å². The Labute approximate surface area is 226 Å². The molecule has 0 bridgehead atoms. The van der Waals surface area contributed by atoms with Gasteiger partial charge in [-0.2, -0.15) is 19.7 Å². The van der Waals surface area contributed by atoms with Crippen LogP contribution in [-0.4, -0.2) is 135 Å². The Bertz CT molecular complexity index is 1030. The number of terminal acetylenes is 1. The van der Waals surface area contributed by atoms with Gasteiger partial charge in [-0.05, 0) is 11.6 Å². The second kappa shape index (κ2) is 15.5. The number of hydrogen-bond donors (Lipinski definition) is 1. The molecule has 38 heavy (non-hydrogen) atoms. The molecule has 4 heterocycles. The first-order valence-corrected chi connectivity index (χ1v) is 13.1. The van der Waals surface area contributed by atoms with Gasteiger partial charge < -0.3 is 38.4 Å². The largest absolute Gasteiger partial charge is 0.394 e. The predicted octanol–water partition coefficient (Wildman–Crippen LogP) is 0.165. The van der Waals surface area contributed by atoms with Crippen LogP contribution >= 0.6 is 11.6 Å². The average Bonchev–Trinajstić information content (AvgIpc) is 3.58. The minimum atomic E-state index is -0.760. The van der Waals surface area contributed by atoms with Gasteiger partial charge in [-0.25, -0.2) is 0 Å². The van der Waals surface area contributed by atoms with Crippen molar-refractivity contribution in [2.24, 2.45) is 0 Å². The number of rotatable bonds is 16. The molecule has 4 rings (SSSR count). The van der Waals surface area contributed by atoms with Gasteiger partial charge >= 0.3 is 0 Å². The van der Waals surface area contributed by atoms with Crippen molar-refractivity contribution in [3.8, 4) is 12.3 Å². The monoisotopic (exact) mass is 554 g/mol. The summed E-state index contributed by atoms with van der Waals surface area (Å²) in [6.07, 6.45) is 5.64. The van der Waals surface area contributed by atoms with E-state index < -0.39 is 12.5 Å². The van der Waals surface area contributed by atoms with Gasteiger partial charge in [0.2, 0.25) is 5.28 Å². The number of fused-ring (bicyclic) bond motifs is 1. The molecule has 0 spiro atoms. The van der Waals surface area contributed by atoms with Crippen molar-refractivity contribution in [1.29, 1.82) is 0 Å². The first kappa shape index (κ1) is 28.9. The van der Waals surface area contributed by atoms with Crippen LogP contribution in [0, 0.1) is 12.3 Å². The number of hydrogen-bond acceptors (Lipinski definition) is 12. The van der Waals surface area contributed by atoms with Crippen molar-refractivity contribution in [2.75, 3.05) is 104 Å². The van der Waals surface area contributed by atoms with E-state index >= 15 is 0 Å². The molecule has 0 radical (unpaired) electrons. The number of nitrogens with zero attached hydrogens (tertiary/aromatic N) is 6. The molecule has 210 valence electrons. The zero-order chi connectivity index (χ0) is 26.6. The topological polar surface area (TPSA) is 126 Å². The molecular formula is C24H35ClN6O7. The Morgan fingerprint density at radius 3 is 2.34 bits per heavy atom. The zero-order valence-corrected chi connectivity index (χ0v) is 22.1. The number of aliphatic hydroxyl groups excluding tert-OH is 1. The lowest BCUT2D eigenvalue weighted by Crippen LogP contribution is -2.47. The summed E-state index contributed by atoms with van der Waals surface area (Å²) in [6, 6.07) is 0. The second-order valence-electron chi connectivity index (χ2n) is 8.65. The fourth-order valence-corrected chi connectivity index (χ4v) is 4.26. The lowest BCUT2D eigenvalue weighted by atomic mass is 10.3. The Morgan fingerprint density at radius 2 is 1.68 bits per heavy atom. The molecule has 13 nitrogen and oxygen atoms in total. The summed E-state index contributed by atoms with van der Waals surface area (Å²) < 4.78 is 34.5.